The highest BCUT2D eigenvalue weighted by Crippen LogP contribution is 2.34. The summed E-state index contributed by atoms with van der Waals surface area (Å²) in [7, 11) is 1.67. The molecule has 7 nitrogen and oxygen atoms in total. The zero-order valence-corrected chi connectivity index (χ0v) is 18.0. The van der Waals surface area contributed by atoms with E-state index >= 15 is 0 Å². The number of fused-ring (bicyclic) bond motifs is 1. The van der Waals surface area contributed by atoms with Crippen molar-refractivity contribution in [1.82, 2.24) is 10.2 Å². The molecule has 1 N–H and O–H groups in total. The van der Waals surface area contributed by atoms with E-state index in [0.717, 1.165) is 37.2 Å². The first kappa shape index (κ1) is 21.2. The van der Waals surface area contributed by atoms with E-state index in [1.54, 1.807) is 18.1 Å². The van der Waals surface area contributed by atoms with Crippen LogP contribution < -0.4 is 19.7 Å². The molecule has 2 heterocycles. The molecule has 31 heavy (non-hydrogen) atoms. The molecule has 1 saturated heterocycles. The summed E-state index contributed by atoms with van der Waals surface area (Å²) in [5, 5.41) is 3.07. The van der Waals surface area contributed by atoms with Crippen molar-refractivity contribution in [3.05, 3.63) is 54.1 Å². The van der Waals surface area contributed by atoms with Gasteiger partial charge in [0.05, 0.1) is 25.4 Å². The van der Waals surface area contributed by atoms with E-state index in [0.29, 0.717) is 18.0 Å². The molecule has 0 aromatic heterocycles. The number of rotatable bonds is 6. The predicted molar refractivity (Wildman–Crippen MR) is 118 cm³/mol. The van der Waals surface area contributed by atoms with Gasteiger partial charge in [-0.3, -0.25) is 14.5 Å². The Kier molecular flexibility index (Phi) is 6.42. The molecule has 0 bridgehead atoms. The number of carbonyl (C=O) groups excluding carboxylic acids is 2. The molecule has 0 aliphatic carbocycles. The van der Waals surface area contributed by atoms with E-state index in [9.17, 15) is 9.59 Å². The summed E-state index contributed by atoms with van der Waals surface area (Å²) in [4.78, 5) is 29.2. The largest absolute Gasteiger partial charge is 0.496 e. The maximum atomic E-state index is 13.1. The second-order valence-electron chi connectivity index (χ2n) is 7.95. The van der Waals surface area contributed by atoms with Gasteiger partial charge in [0.2, 0.25) is 5.91 Å². The van der Waals surface area contributed by atoms with Gasteiger partial charge in [0.1, 0.15) is 11.5 Å². The zero-order valence-electron chi connectivity index (χ0n) is 18.0. The minimum Gasteiger partial charge on any atom is -0.496 e. The Bertz CT molecular complexity index is 942. The van der Waals surface area contributed by atoms with Crippen molar-refractivity contribution in [2.45, 2.75) is 31.9 Å². The lowest BCUT2D eigenvalue weighted by Crippen LogP contribution is -2.51. The van der Waals surface area contributed by atoms with Crippen LogP contribution in [0, 0.1) is 0 Å². The minimum absolute atomic E-state index is 0.0161. The van der Waals surface area contributed by atoms with Crippen molar-refractivity contribution < 1.29 is 19.1 Å². The van der Waals surface area contributed by atoms with Crippen LogP contribution in [0.25, 0.3) is 0 Å². The maximum absolute atomic E-state index is 13.1. The van der Waals surface area contributed by atoms with Crippen molar-refractivity contribution >= 4 is 17.5 Å². The van der Waals surface area contributed by atoms with E-state index in [1.165, 1.54) is 6.92 Å². The summed E-state index contributed by atoms with van der Waals surface area (Å²) < 4.78 is 11.5. The summed E-state index contributed by atoms with van der Waals surface area (Å²) in [6.07, 6.45) is 1.54. The number of hydrogen-bond donors (Lipinski definition) is 1. The molecular weight excluding hydrogens is 394 g/mol. The van der Waals surface area contributed by atoms with Gasteiger partial charge in [-0.2, -0.15) is 0 Å². The average molecular weight is 424 g/mol. The number of methoxy groups -OCH3 is 1. The Morgan fingerprint density at radius 3 is 2.58 bits per heavy atom. The Morgan fingerprint density at radius 1 is 1.13 bits per heavy atom. The molecule has 2 aromatic carbocycles. The number of anilines is 1. The number of nitrogens with one attached hydrogen (secondary N) is 1. The van der Waals surface area contributed by atoms with E-state index in [1.807, 2.05) is 36.4 Å². The molecule has 2 aromatic rings. The Hall–Kier alpha value is -3.06. The van der Waals surface area contributed by atoms with E-state index < -0.39 is 6.10 Å². The number of ether oxygens (including phenoxy) is 2. The van der Waals surface area contributed by atoms with Gasteiger partial charge in [-0.15, -0.1) is 0 Å². The molecule has 2 aliphatic rings. The normalized spacial score (nSPS) is 19.3. The number of hydrogen-bond acceptors (Lipinski definition) is 5. The smallest absolute Gasteiger partial charge is 0.263 e. The van der Waals surface area contributed by atoms with Gasteiger partial charge in [0, 0.05) is 19.0 Å². The Labute approximate surface area is 182 Å². The summed E-state index contributed by atoms with van der Waals surface area (Å²) in [5.74, 6) is 1.03. The van der Waals surface area contributed by atoms with Crippen LogP contribution >= 0.6 is 0 Å². The van der Waals surface area contributed by atoms with Crippen LogP contribution in [0.4, 0.5) is 5.69 Å². The molecule has 2 amide bonds. The second kappa shape index (κ2) is 9.39. The Balaban J connectivity index is 1.50. The lowest BCUT2D eigenvalue weighted by atomic mass is 10.0. The van der Waals surface area contributed by atoms with Crippen molar-refractivity contribution in [3.8, 4) is 11.5 Å². The molecule has 2 atom stereocenters. The molecule has 0 unspecified atom stereocenters. The Morgan fingerprint density at radius 2 is 1.84 bits per heavy atom. The van der Waals surface area contributed by atoms with Gasteiger partial charge >= 0.3 is 0 Å². The fourth-order valence-electron chi connectivity index (χ4n) is 4.41. The first-order valence-corrected chi connectivity index (χ1v) is 10.8. The third kappa shape index (κ3) is 4.51. The van der Waals surface area contributed by atoms with Gasteiger partial charge < -0.3 is 19.7 Å². The highest BCUT2D eigenvalue weighted by atomic mass is 16.5. The lowest BCUT2D eigenvalue weighted by molar-refractivity contribution is -0.128. The average Bonchev–Trinajstić information content (AvgIpc) is 3.33. The van der Waals surface area contributed by atoms with Crippen LogP contribution in [-0.2, 0) is 9.59 Å². The number of benzene rings is 2. The van der Waals surface area contributed by atoms with E-state index in [2.05, 4.69) is 16.3 Å². The molecule has 0 saturated carbocycles. The predicted octanol–water partition coefficient (Wildman–Crippen LogP) is 2.76. The summed E-state index contributed by atoms with van der Waals surface area (Å²) >= 11 is 0. The van der Waals surface area contributed by atoms with E-state index in [4.69, 9.17) is 9.47 Å². The van der Waals surface area contributed by atoms with E-state index in [-0.39, 0.29) is 24.4 Å². The van der Waals surface area contributed by atoms with Crippen molar-refractivity contribution in [2.24, 2.45) is 0 Å². The van der Waals surface area contributed by atoms with Crippen LogP contribution in [0.15, 0.2) is 48.5 Å². The topological polar surface area (TPSA) is 71.1 Å². The lowest BCUT2D eigenvalue weighted by Gasteiger charge is -2.34. The summed E-state index contributed by atoms with van der Waals surface area (Å²) in [5.41, 5.74) is 1.76. The van der Waals surface area contributed by atoms with Crippen LogP contribution in [-0.4, -0.2) is 56.1 Å². The zero-order chi connectivity index (χ0) is 21.8. The van der Waals surface area contributed by atoms with Crippen LogP contribution in [0.5, 0.6) is 11.5 Å². The second-order valence-corrected chi connectivity index (χ2v) is 7.95. The molecule has 7 heteroatoms. The van der Waals surface area contributed by atoms with Gasteiger partial charge in [0.15, 0.2) is 6.10 Å². The number of para-hydroxylation sites is 3. The maximum Gasteiger partial charge on any atom is 0.263 e. The fourth-order valence-corrected chi connectivity index (χ4v) is 4.41. The third-order valence-corrected chi connectivity index (χ3v) is 6.00. The monoisotopic (exact) mass is 423 g/mol. The number of carbonyl (C=O) groups is 2. The molecule has 164 valence electrons. The van der Waals surface area contributed by atoms with Gasteiger partial charge in [-0.1, -0.05) is 30.3 Å². The van der Waals surface area contributed by atoms with Gasteiger partial charge in [0.25, 0.3) is 5.91 Å². The van der Waals surface area contributed by atoms with Crippen LogP contribution in [0.3, 0.4) is 0 Å². The highest BCUT2D eigenvalue weighted by molar-refractivity contribution is 5.95. The highest BCUT2D eigenvalue weighted by Gasteiger charge is 2.33. The van der Waals surface area contributed by atoms with Crippen LogP contribution in [0.1, 0.15) is 31.4 Å². The minimum atomic E-state index is -0.754. The molecule has 0 spiro atoms. The fraction of sp³-hybridized carbons (Fsp3) is 0.417. The quantitative estimate of drug-likeness (QED) is 0.774. The summed E-state index contributed by atoms with van der Waals surface area (Å²) in [6.45, 7) is 4.12. The van der Waals surface area contributed by atoms with Crippen molar-refractivity contribution in [2.75, 3.05) is 38.2 Å². The summed E-state index contributed by atoms with van der Waals surface area (Å²) in [6, 6.07) is 15.3. The number of nitrogens with zero attached hydrogens (tertiary/aromatic N) is 2. The van der Waals surface area contributed by atoms with Crippen molar-refractivity contribution in [1.29, 1.82) is 0 Å². The molecule has 4 rings (SSSR count). The third-order valence-electron chi connectivity index (χ3n) is 6.00. The standard InChI is InChI=1S/C24H29N3O4/c1-17(28)27-16-23(31-22-12-6-4-10-19(22)27)24(29)25-15-20(26-13-7-8-14-26)18-9-3-5-11-21(18)30-2/h3-6,9-12,20,23H,7-8,13-16H2,1-2H3,(H,25,29)/t20-,23-/m1/s1. The number of amides is 2. The molecular formula is C24H29N3O4. The molecule has 1 fully saturated rings. The first-order valence-electron chi connectivity index (χ1n) is 10.8. The number of likely N-dealkylation sites (tertiary alicyclic amines) is 1. The SMILES string of the molecule is COc1ccccc1[C@@H](CNC(=O)[C@H]1CN(C(C)=O)c2ccccc2O1)N1CCCC1. The first-order chi connectivity index (χ1) is 15.1. The van der Waals surface area contributed by atoms with Gasteiger partial charge in [-0.25, -0.2) is 0 Å². The molecule has 0 radical (unpaired) electrons. The van der Waals surface area contributed by atoms with Gasteiger partial charge in [-0.05, 0) is 44.1 Å². The van der Waals surface area contributed by atoms with Crippen LogP contribution in [0.2, 0.25) is 0 Å². The molecule has 2 aliphatic heterocycles. The van der Waals surface area contributed by atoms with Crippen molar-refractivity contribution in [3.63, 3.8) is 0 Å².